The SMILES string of the molecule is CCCCOCCCc1ccc2c(c1)c1ccccc1n2-c1ccc(-c2ccc(-n3c4ccccc4c4ccccc43)cc2)cc1. The smallest absolute Gasteiger partial charge is 0.0541 e. The minimum atomic E-state index is 0.828. The number of ether oxygens (including phenoxy) is 1. The molecule has 0 spiro atoms. The molecule has 2 aromatic heterocycles. The van der Waals surface area contributed by atoms with Crippen molar-refractivity contribution < 1.29 is 4.74 Å². The lowest BCUT2D eigenvalue weighted by Crippen LogP contribution is -1.98. The Kier molecular flexibility index (Phi) is 7.61. The van der Waals surface area contributed by atoms with Gasteiger partial charge in [0.05, 0.1) is 22.1 Å². The third-order valence-electron chi connectivity index (χ3n) is 9.30. The number of aromatic nitrogens is 2. The number of nitrogens with zero attached hydrogens (tertiary/aromatic N) is 2. The van der Waals surface area contributed by atoms with Crippen LogP contribution in [0.1, 0.15) is 31.7 Å². The highest BCUT2D eigenvalue weighted by Gasteiger charge is 2.14. The van der Waals surface area contributed by atoms with Crippen molar-refractivity contribution in [2.75, 3.05) is 13.2 Å². The van der Waals surface area contributed by atoms with E-state index >= 15 is 0 Å². The van der Waals surface area contributed by atoms with Crippen LogP contribution >= 0.6 is 0 Å². The molecule has 0 aliphatic rings. The maximum Gasteiger partial charge on any atom is 0.0541 e. The van der Waals surface area contributed by atoms with Gasteiger partial charge in [-0.3, -0.25) is 0 Å². The van der Waals surface area contributed by atoms with Gasteiger partial charge in [-0.2, -0.15) is 0 Å². The fourth-order valence-corrected chi connectivity index (χ4v) is 6.99. The van der Waals surface area contributed by atoms with Crippen LogP contribution in [-0.4, -0.2) is 22.3 Å². The summed E-state index contributed by atoms with van der Waals surface area (Å²) < 4.78 is 10.6. The second-order valence-corrected chi connectivity index (χ2v) is 12.2. The first kappa shape index (κ1) is 28.4. The van der Waals surface area contributed by atoms with Crippen LogP contribution < -0.4 is 0 Å². The molecule has 0 unspecified atom stereocenters. The second-order valence-electron chi connectivity index (χ2n) is 12.2. The second kappa shape index (κ2) is 12.3. The average Bonchev–Trinajstić information content (AvgIpc) is 3.63. The first-order valence-electron chi connectivity index (χ1n) is 16.6. The number of aryl methyl sites for hydroxylation is 1. The lowest BCUT2D eigenvalue weighted by Gasteiger charge is -2.11. The predicted octanol–water partition coefficient (Wildman–Crippen LogP) is 11.3. The molecule has 3 nitrogen and oxygen atoms in total. The van der Waals surface area contributed by atoms with E-state index in [1.165, 1.54) is 78.1 Å². The number of hydrogen-bond donors (Lipinski definition) is 0. The first-order chi connectivity index (χ1) is 22.8. The van der Waals surface area contributed by atoms with Gasteiger partial charge in [-0.05, 0) is 90.6 Å². The van der Waals surface area contributed by atoms with Crippen LogP contribution in [0.4, 0.5) is 0 Å². The summed E-state index contributed by atoms with van der Waals surface area (Å²) in [4.78, 5) is 0. The number of fused-ring (bicyclic) bond motifs is 6. The Morgan fingerprint density at radius 2 is 0.913 bits per heavy atom. The minimum Gasteiger partial charge on any atom is -0.381 e. The van der Waals surface area contributed by atoms with Crippen LogP contribution in [0.15, 0.2) is 140 Å². The quantitative estimate of drug-likeness (QED) is 0.143. The minimum absolute atomic E-state index is 0.828. The van der Waals surface area contributed by atoms with Crippen molar-refractivity contribution in [1.29, 1.82) is 0 Å². The van der Waals surface area contributed by atoms with Gasteiger partial charge in [0.25, 0.3) is 0 Å². The van der Waals surface area contributed by atoms with Crippen LogP contribution in [-0.2, 0) is 11.2 Å². The van der Waals surface area contributed by atoms with Crippen molar-refractivity contribution in [3.63, 3.8) is 0 Å². The van der Waals surface area contributed by atoms with E-state index in [1.54, 1.807) is 0 Å². The maximum atomic E-state index is 5.81. The van der Waals surface area contributed by atoms with Crippen molar-refractivity contribution in [3.8, 4) is 22.5 Å². The molecule has 0 atom stereocenters. The molecule has 0 saturated carbocycles. The van der Waals surface area contributed by atoms with Crippen LogP contribution in [0.25, 0.3) is 66.1 Å². The molecule has 46 heavy (non-hydrogen) atoms. The third kappa shape index (κ3) is 5.07. The van der Waals surface area contributed by atoms with Crippen LogP contribution in [0.5, 0.6) is 0 Å². The number of rotatable bonds is 10. The summed E-state index contributed by atoms with van der Waals surface area (Å²) >= 11 is 0. The summed E-state index contributed by atoms with van der Waals surface area (Å²) in [5, 5.41) is 5.17. The number of unbranched alkanes of at least 4 members (excludes halogenated alkanes) is 1. The Bertz CT molecular complexity index is 2230. The number of hydrogen-bond acceptors (Lipinski definition) is 1. The molecular formula is C43H38N2O. The molecular weight excluding hydrogens is 560 g/mol. The zero-order valence-corrected chi connectivity index (χ0v) is 26.3. The molecule has 0 saturated heterocycles. The van der Waals surface area contributed by atoms with E-state index in [1.807, 2.05) is 0 Å². The maximum absolute atomic E-state index is 5.81. The Morgan fingerprint density at radius 1 is 0.457 bits per heavy atom. The molecule has 0 fully saturated rings. The van der Waals surface area contributed by atoms with Crippen molar-refractivity contribution in [2.45, 2.75) is 32.6 Å². The van der Waals surface area contributed by atoms with Gasteiger partial charge in [-0.15, -0.1) is 0 Å². The van der Waals surface area contributed by atoms with Crippen LogP contribution in [0.3, 0.4) is 0 Å². The summed E-state index contributed by atoms with van der Waals surface area (Å²) in [6.07, 6.45) is 4.41. The van der Waals surface area contributed by atoms with Gasteiger partial charge in [-0.1, -0.05) is 98.3 Å². The van der Waals surface area contributed by atoms with Crippen molar-refractivity contribution in [3.05, 3.63) is 145 Å². The molecule has 0 N–H and O–H groups in total. The summed E-state index contributed by atoms with van der Waals surface area (Å²) in [5.41, 5.74) is 11.1. The summed E-state index contributed by atoms with van der Waals surface area (Å²) in [7, 11) is 0. The molecule has 0 aliphatic heterocycles. The average molecular weight is 599 g/mol. The van der Waals surface area contributed by atoms with Crippen LogP contribution in [0, 0.1) is 0 Å². The Labute approximate surface area is 270 Å². The lowest BCUT2D eigenvalue weighted by atomic mass is 10.0. The Hall–Kier alpha value is -5.12. The van der Waals surface area contributed by atoms with Gasteiger partial charge in [0.2, 0.25) is 0 Å². The molecule has 2 heterocycles. The van der Waals surface area contributed by atoms with E-state index in [0.29, 0.717) is 0 Å². The van der Waals surface area contributed by atoms with E-state index < -0.39 is 0 Å². The Morgan fingerprint density at radius 3 is 1.43 bits per heavy atom. The molecule has 6 aromatic carbocycles. The van der Waals surface area contributed by atoms with E-state index in [2.05, 4.69) is 156 Å². The largest absolute Gasteiger partial charge is 0.381 e. The lowest BCUT2D eigenvalue weighted by molar-refractivity contribution is 0.129. The molecule has 0 radical (unpaired) electrons. The Balaban J connectivity index is 1.09. The number of para-hydroxylation sites is 3. The normalized spacial score (nSPS) is 11.8. The summed E-state index contributed by atoms with van der Waals surface area (Å²) in [6, 6.07) is 51.0. The predicted molar refractivity (Wildman–Crippen MR) is 195 cm³/mol. The van der Waals surface area contributed by atoms with E-state index in [4.69, 9.17) is 4.74 Å². The summed E-state index contributed by atoms with van der Waals surface area (Å²) in [5.74, 6) is 0. The monoisotopic (exact) mass is 598 g/mol. The van der Waals surface area contributed by atoms with Gasteiger partial charge >= 0.3 is 0 Å². The van der Waals surface area contributed by atoms with Gasteiger partial charge in [0.15, 0.2) is 0 Å². The van der Waals surface area contributed by atoms with Gasteiger partial charge in [-0.25, -0.2) is 0 Å². The molecule has 3 heteroatoms. The van der Waals surface area contributed by atoms with Gasteiger partial charge in [0.1, 0.15) is 0 Å². The van der Waals surface area contributed by atoms with E-state index in [9.17, 15) is 0 Å². The molecule has 0 bridgehead atoms. The topological polar surface area (TPSA) is 19.1 Å². The molecule has 8 aromatic rings. The number of benzene rings is 6. The van der Waals surface area contributed by atoms with Gasteiger partial charge < -0.3 is 13.9 Å². The molecule has 226 valence electrons. The van der Waals surface area contributed by atoms with Crippen molar-refractivity contribution >= 4 is 43.6 Å². The third-order valence-corrected chi connectivity index (χ3v) is 9.30. The van der Waals surface area contributed by atoms with E-state index in [0.717, 1.165) is 32.5 Å². The fourth-order valence-electron chi connectivity index (χ4n) is 6.99. The van der Waals surface area contributed by atoms with E-state index in [-0.39, 0.29) is 0 Å². The highest BCUT2D eigenvalue weighted by molar-refractivity contribution is 6.10. The molecule has 0 aliphatic carbocycles. The van der Waals surface area contributed by atoms with Crippen molar-refractivity contribution in [1.82, 2.24) is 9.13 Å². The van der Waals surface area contributed by atoms with Crippen LogP contribution in [0.2, 0.25) is 0 Å². The molecule has 0 amide bonds. The fraction of sp³-hybridized carbons (Fsp3) is 0.163. The standard InChI is InChI=1S/C43H38N2O/c1-2-3-28-46-29-10-11-31-18-27-43-39(30-31)38-14-6-9-17-42(38)45(43)35-25-21-33(22-26-35)32-19-23-34(24-20-32)44-40-15-7-4-12-36(40)37-13-5-8-16-41(37)44/h4-9,12-27,30H,2-3,10-11,28-29H2,1H3. The zero-order chi connectivity index (χ0) is 30.9. The first-order valence-corrected chi connectivity index (χ1v) is 16.6. The summed E-state index contributed by atoms with van der Waals surface area (Å²) in [6.45, 7) is 3.90. The van der Waals surface area contributed by atoms with Gasteiger partial charge in [0, 0.05) is 46.1 Å². The van der Waals surface area contributed by atoms with Crippen molar-refractivity contribution in [2.24, 2.45) is 0 Å². The highest BCUT2D eigenvalue weighted by atomic mass is 16.5. The molecule has 8 rings (SSSR count). The zero-order valence-electron chi connectivity index (χ0n) is 26.3. The highest BCUT2D eigenvalue weighted by Crippen LogP contribution is 2.35.